The molecule has 0 radical (unpaired) electrons. The van der Waals surface area contributed by atoms with E-state index in [2.05, 4.69) is 9.73 Å². The van der Waals surface area contributed by atoms with E-state index < -0.39 is 5.97 Å². The highest BCUT2D eigenvalue weighted by atomic mass is 16.5. The summed E-state index contributed by atoms with van der Waals surface area (Å²) in [7, 11) is 4.33. The van der Waals surface area contributed by atoms with Crippen LogP contribution < -0.4 is 0 Å². The van der Waals surface area contributed by atoms with Crippen LogP contribution in [-0.4, -0.2) is 32.9 Å². The Morgan fingerprint density at radius 1 is 1.15 bits per heavy atom. The van der Waals surface area contributed by atoms with E-state index in [9.17, 15) is 4.79 Å². The predicted octanol–water partition coefficient (Wildman–Crippen LogP) is 1.17. The van der Waals surface area contributed by atoms with Gasteiger partial charge >= 0.3 is 5.97 Å². The lowest BCUT2D eigenvalue weighted by Gasteiger charge is -2.08. The van der Waals surface area contributed by atoms with Gasteiger partial charge in [0.25, 0.3) is 0 Å². The van der Waals surface area contributed by atoms with Crippen LogP contribution in [0.2, 0.25) is 0 Å². The molecule has 0 amide bonds. The number of ether oxygens (including phenoxy) is 2. The van der Waals surface area contributed by atoms with Gasteiger partial charge in [0.05, 0.1) is 14.2 Å². The summed E-state index contributed by atoms with van der Waals surface area (Å²) in [6, 6.07) is 0. The molecule has 0 N–H and O–H groups in total. The number of rotatable bonds is 3. The minimum absolute atomic E-state index is 0.213. The van der Waals surface area contributed by atoms with Crippen LogP contribution in [0.3, 0.4) is 0 Å². The summed E-state index contributed by atoms with van der Waals surface area (Å²) in [5, 5.41) is 0. The summed E-state index contributed by atoms with van der Waals surface area (Å²) in [4.78, 5) is 15.0. The number of carbonyl (C=O) groups excluding carboxylic acids is 1. The lowest BCUT2D eigenvalue weighted by atomic mass is 10.2. The Hall–Kier alpha value is -1.32. The summed E-state index contributed by atoms with van der Waals surface area (Å²) >= 11 is 0. The molecule has 4 nitrogen and oxygen atoms in total. The van der Waals surface area contributed by atoms with E-state index in [0.717, 1.165) is 5.57 Å². The first-order valence-corrected chi connectivity index (χ1v) is 3.85. The number of carbonyl (C=O) groups is 1. The quantitative estimate of drug-likeness (QED) is 0.376. The van der Waals surface area contributed by atoms with E-state index >= 15 is 0 Å². The molecule has 0 bridgehead atoms. The van der Waals surface area contributed by atoms with E-state index in [1.54, 1.807) is 0 Å². The van der Waals surface area contributed by atoms with E-state index in [4.69, 9.17) is 4.74 Å². The fourth-order valence-corrected chi connectivity index (χ4v) is 0.920. The van der Waals surface area contributed by atoms with Crippen molar-refractivity contribution in [3.63, 3.8) is 0 Å². The highest BCUT2D eigenvalue weighted by Gasteiger charge is 2.17. The van der Waals surface area contributed by atoms with Crippen molar-refractivity contribution < 1.29 is 14.3 Å². The van der Waals surface area contributed by atoms with Crippen LogP contribution in [0, 0.1) is 0 Å². The Kier molecular flexibility index (Phi) is 4.80. The molecule has 0 unspecified atom stereocenters. The molecule has 0 atom stereocenters. The maximum absolute atomic E-state index is 11.2. The maximum atomic E-state index is 11.2. The number of methoxy groups -OCH3 is 2. The average molecular weight is 185 g/mol. The van der Waals surface area contributed by atoms with E-state index in [0.29, 0.717) is 5.76 Å². The van der Waals surface area contributed by atoms with Gasteiger partial charge in [0.2, 0.25) is 0 Å². The van der Waals surface area contributed by atoms with Crippen LogP contribution in [0.15, 0.2) is 16.3 Å². The molecule has 0 saturated heterocycles. The topological polar surface area (TPSA) is 47.9 Å². The molecule has 0 rings (SSSR count). The Balaban J connectivity index is 5.00. The molecule has 0 aromatic rings. The van der Waals surface area contributed by atoms with Crippen LogP contribution in [0.1, 0.15) is 13.8 Å². The Morgan fingerprint density at radius 2 is 1.69 bits per heavy atom. The summed E-state index contributed by atoms with van der Waals surface area (Å²) in [6.45, 7) is 3.68. The van der Waals surface area contributed by atoms with Gasteiger partial charge in [0.1, 0.15) is 5.76 Å². The first-order chi connectivity index (χ1) is 6.08. The van der Waals surface area contributed by atoms with Gasteiger partial charge in [-0.05, 0) is 19.4 Å². The molecule has 0 aromatic heterocycles. The zero-order valence-corrected chi connectivity index (χ0v) is 8.67. The minimum Gasteiger partial charge on any atom is -0.494 e. The van der Waals surface area contributed by atoms with Gasteiger partial charge in [-0.2, -0.15) is 0 Å². The lowest BCUT2D eigenvalue weighted by molar-refractivity contribution is -0.132. The summed E-state index contributed by atoms with van der Waals surface area (Å²) < 4.78 is 9.59. The molecule has 0 aromatic carbocycles. The highest BCUT2D eigenvalue weighted by Crippen LogP contribution is 2.07. The van der Waals surface area contributed by atoms with Crippen molar-refractivity contribution in [2.45, 2.75) is 13.8 Å². The predicted molar refractivity (Wildman–Crippen MR) is 50.8 cm³/mol. The van der Waals surface area contributed by atoms with Crippen LogP contribution >= 0.6 is 0 Å². The molecule has 0 aliphatic heterocycles. The second-order valence-corrected chi connectivity index (χ2v) is 2.60. The largest absolute Gasteiger partial charge is 0.494 e. The first-order valence-electron chi connectivity index (χ1n) is 3.85. The minimum atomic E-state index is -0.486. The summed E-state index contributed by atoms with van der Waals surface area (Å²) in [5.41, 5.74) is 1.10. The molecule has 0 aliphatic rings. The SMILES string of the molecule is CN=C(C(=O)OC)C(OC)=C(C)C. The maximum Gasteiger partial charge on any atom is 0.360 e. The normalized spacial score (nSPS) is 10.7. The average Bonchev–Trinajstić information content (AvgIpc) is 2.12. The monoisotopic (exact) mass is 185 g/mol. The third-order valence-electron chi connectivity index (χ3n) is 1.48. The van der Waals surface area contributed by atoms with Gasteiger partial charge in [-0.3, -0.25) is 4.99 Å². The highest BCUT2D eigenvalue weighted by molar-refractivity contribution is 6.42. The number of aliphatic imine (C=N–C) groups is 1. The molecular formula is C9H15NO3. The second-order valence-electron chi connectivity index (χ2n) is 2.60. The number of esters is 1. The molecule has 0 aliphatic carbocycles. The summed E-state index contributed by atoms with van der Waals surface area (Å²) in [5.74, 6) is -0.0186. The Bertz CT molecular complexity index is 250. The van der Waals surface area contributed by atoms with E-state index in [1.807, 2.05) is 13.8 Å². The Labute approximate surface area is 78.3 Å². The standard InChI is InChI=1S/C9H15NO3/c1-6(2)8(12-4)7(10-3)9(11)13-5/h1-5H3. The molecule has 4 heteroatoms. The van der Waals surface area contributed by atoms with Crippen LogP contribution in [-0.2, 0) is 14.3 Å². The molecule has 13 heavy (non-hydrogen) atoms. The van der Waals surface area contributed by atoms with Crippen molar-refractivity contribution in [3.8, 4) is 0 Å². The van der Waals surface area contributed by atoms with Crippen molar-refractivity contribution in [2.24, 2.45) is 4.99 Å². The fraction of sp³-hybridized carbons (Fsp3) is 0.556. The number of allylic oxidation sites excluding steroid dienone is 1. The smallest absolute Gasteiger partial charge is 0.360 e. The van der Waals surface area contributed by atoms with Crippen molar-refractivity contribution in [1.29, 1.82) is 0 Å². The molecule has 0 spiro atoms. The van der Waals surface area contributed by atoms with Crippen LogP contribution in [0.25, 0.3) is 0 Å². The van der Waals surface area contributed by atoms with Gasteiger partial charge in [-0.15, -0.1) is 0 Å². The van der Waals surface area contributed by atoms with Gasteiger partial charge in [0, 0.05) is 7.05 Å². The van der Waals surface area contributed by atoms with Gasteiger partial charge in [0.15, 0.2) is 5.71 Å². The fourth-order valence-electron chi connectivity index (χ4n) is 0.920. The van der Waals surface area contributed by atoms with Crippen LogP contribution in [0.5, 0.6) is 0 Å². The number of hydrogen-bond donors (Lipinski definition) is 0. The van der Waals surface area contributed by atoms with Crippen LogP contribution in [0.4, 0.5) is 0 Å². The van der Waals surface area contributed by atoms with Gasteiger partial charge < -0.3 is 9.47 Å². The van der Waals surface area contributed by atoms with Crippen molar-refractivity contribution >= 4 is 11.7 Å². The third-order valence-corrected chi connectivity index (χ3v) is 1.48. The molecule has 0 fully saturated rings. The lowest BCUT2D eigenvalue weighted by Crippen LogP contribution is -2.20. The van der Waals surface area contributed by atoms with Gasteiger partial charge in [-0.25, -0.2) is 4.79 Å². The Morgan fingerprint density at radius 3 is 1.92 bits per heavy atom. The zero-order valence-electron chi connectivity index (χ0n) is 8.67. The molecular weight excluding hydrogens is 170 g/mol. The zero-order chi connectivity index (χ0) is 10.4. The summed E-state index contributed by atoms with van der Waals surface area (Å²) in [6.07, 6.45) is 0. The van der Waals surface area contributed by atoms with Crippen molar-refractivity contribution in [3.05, 3.63) is 11.3 Å². The number of nitrogens with zero attached hydrogens (tertiary/aromatic N) is 1. The molecule has 0 saturated carbocycles. The van der Waals surface area contributed by atoms with Crippen molar-refractivity contribution in [2.75, 3.05) is 21.3 Å². The molecule has 74 valence electrons. The van der Waals surface area contributed by atoms with E-state index in [1.165, 1.54) is 21.3 Å². The second kappa shape index (κ2) is 5.35. The third kappa shape index (κ3) is 2.89. The number of hydrogen-bond acceptors (Lipinski definition) is 4. The van der Waals surface area contributed by atoms with Crippen molar-refractivity contribution in [1.82, 2.24) is 0 Å². The first kappa shape index (κ1) is 11.7. The van der Waals surface area contributed by atoms with E-state index in [-0.39, 0.29) is 5.71 Å². The van der Waals surface area contributed by atoms with Gasteiger partial charge in [-0.1, -0.05) is 0 Å². The molecule has 0 heterocycles.